The minimum absolute atomic E-state index is 0.240. The van der Waals surface area contributed by atoms with E-state index in [1.54, 1.807) is 0 Å². The van der Waals surface area contributed by atoms with Crippen molar-refractivity contribution in [3.05, 3.63) is 0 Å². The number of hydrogen-bond donors (Lipinski definition) is 2. The molecule has 0 aromatic carbocycles. The van der Waals surface area contributed by atoms with Crippen molar-refractivity contribution >= 4 is 5.91 Å². The second-order valence-corrected chi connectivity index (χ2v) is 6.25. The largest absolute Gasteiger partial charge is 0.381 e. The minimum atomic E-state index is -0.630. The van der Waals surface area contributed by atoms with Gasteiger partial charge < -0.3 is 15.8 Å². The third-order valence-corrected chi connectivity index (χ3v) is 3.19. The Morgan fingerprint density at radius 3 is 2.26 bits per heavy atom. The van der Waals surface area contributed by atoms with Crippen molar-refractivity contribution in [2.45, 2.75) is 71.9 Å². The predicted octanol–water partition coefficient (Wildman–Crippen LogP) is 2.46. The number of rotatable bonds is 11. The number of hydrogen-bond acceptors (Lipinski definition) is 3. The molecule has 0 radical (unpaired) electrons. The third-order valence-electron chi connectivity index (χ3n) is 3.19. The summed E-state index contributed by atoms with van der Waals surface area (Å²) in [6.45, 7) is 11.8. The molecule has 1 atom stereocenters. The molecule has 19 heavy (non-hydrogen) atoms. The topological polar surface area (TPSA) is 64.3 Å². The van der Waals surface area contributed by atoms with Crippen LogP contribution < -0.4 is 11.1 Å². The second-order valence-electron chi connectivity index (χ2n) is 6.25. The SMILES string of the molecule is CC(C)CCCOCCCC(C)(NC(C)C)C(N)=O. The van der Waals surface area contributed by atoms with Gasteiger partial charge in [0.05, 0.1) is 5.54 Å². The monoisotopic (exact) mass is 272 g/mol. The van der Waals surface area contributed by atoms with E-state index in [2.05, 4.69) is 19.2 Å². The van der Waals surface area contributed by atoms with Gasteiger partial charge in [0.25, 0.3) is 0 Å². The zero-order valence-corrected chi connectivity index (χ0v) is 13.3. The quantitative estimate of drug-likeness (QED) is 0.568. The van der Waals surface area contributed by atoms with Crippen LogP contribution in [0.2, 0.25) is 0 Å². The fourth-order valence-electron chi connectivity index (χ4n) is 2.13. The first-order chi connectivity index (χ1) is 8.78. The summed E-state index contributed by atoms with van der Waals surface area (Å²) in [5, 5.41) is 3.24. The van der Waals surface area contributed by atoms with Crippen LogP contribution in [0.1, 0.15) is 60.3 Å². The molecule has 1 unspecified atom stereocenters. The van der Waals surface area contributed by atoms with Crippen molar-refractivity contribution in [1.82, 2.24) is 5.32 Å². The first kappa shape index (κ1) is 18.4. The molecular formula is C15H32N2O2. The second kappa shape index (κ2) is 9.32. The van der Waals surface area contributed by atoms with Crippen LogP contribution in [-0.2, 0) is 9.53 Å². The fourth-order valence-corrected chi connectivity index (χ4v) is 2.13. The lowest BCUT2D eigenvalue weighted by Gasteiger charge is -2.29. The highest BCUT2D eigenvalue weighted by molar-refractivity contribution is 5.84. The summed E-state index contributed by atoms with van der Waals surface area (Å²) >= 11 is 0. The molecule has 0 heterocycles. The summed E-state index contributed by atoms with van der Waals surface area (Å²) in [7, 11) is 0. The third kappa shape index (κ3) is 9.00. The van der Waals surface area contributed by atoms with Crippen molar-refractivity contribution in [2.75, 3.05) is 13.2 Å². The summed E-state index contributed by atoms with van der Waals surface area (Å²) in [6, 6.07) is 0.240. The van der Waals surface area contributed by atoms with E-state index in [0.29, 0.717) is 13.0 Å². The number of nitrogens with one attached hydrogen (secondary N) is 1. The Kier molecular flexibility index (Phi) is 9.02. The molecule has 4 nitrogen and oxygen atoms in total. The molecule has 0 aliphatic rings. The molecule has 0 spiro atoms. The molecule has 0 fully saturated rings. The van der Waals surface area contributed by atoms with Gasteiger partial charge in [0.15, 0.2) is 0 Å². The van der Waals surface area contributed by atoms with Crippen molar-refractivity contribution < 1.29 is 9.53 Å². The normalized spacial score (nSPS) is 14.9. The molecule has 3 N–H and O–H groups in total. The van der Waals surface area contributed by atoms with E-state index < -0.39 is 5.54 Å². The number of nitrogens with two attached hydrogens (primary N) is 1. The number of carbonyl (C=O) groups excluding carboxylic acids is 1. The maximum atomic E-state index is 11.5. The Labute approximate surface area is 118 Å². The number of primary amides is 1. The summed E-state index contributed by atoms with van der Waals surface area (Å²) in [6.07, 6.45) is 3.87. The summed E-state index contributed by atoms with van der Waals surface area (Å²) in [5.74, 6) is 0.443. The molecule has 0 saturated heterocycles. The molecule has 114 valence electrons. The van der Waals surface area contributed by atoms with Gasteiger partial charge in [0.1, 0.15) is 0 Å². The molecule has 0 saturated carbocycles. The van der Waals surface area contributed by atoms with Gasteiger partial charge in [-0.1, -0.05) is 13.8 Å². The molecule has 0 bridgehead atoms. The lowest BCUT2D eigenvalue weighted by Crippen LogP contribution is -2.55. The summed E-state index contributed by atoms with van der Waals surface area (Å²) < 4.78 is 5.58. The maximum absolute atomic E-state index is 11.5. The molecule has 4 heteroatoms. The molecule has 0 aromatic heterocycles. The molecule has 0 aliphatic heterocycles. The predicted molar refractivity (Wildman–Crippen MR) is 80.0 cm³/mol. The van der Waals surface area contributed by atoms with E-state index in [0.717, 1.165) is 25.4 Å². The molecule has 0 aromatic rings. The van der Waals surface area contributed by atoms with E-state index in [-0.39, 0.29) is 11.9 Å². The van der Waals surface area contributed by atoms with Crippen LogP contribution in [0.25, 0.3) is 0 Å². The van der Waals surface area contributed by atoms with Gasteiger partial charge in [0.2, 0.25) is 5.91 Å². The zero-order valence-electron chi connectivity index (χ0n) is 13.3. The standard InChI is InChI=1S/C15H32N2O2/c1-12(2)8-6-10-19-11-7-9-15(5,14(16)18)17-13(3)4/h12-13,17H,6-11H2,1-5H3,(H2,16,18). The number of amides is 1. The maximum Gasteiger partial charge on any atom is 0.237 e. The van der Waals surface area contributed by atoms with E-state index >= 15 is 0 Å². The smallest absolute Gasteiger partial charge is 0.237 e. The van der Waals surface area contributed by atoms with Crippen LogP contribution in [0.3, 0.4) is 0 Å². The average molecular weight is 272 g/mol. The summed E-state index contributed by atoms with van der Waals surface area (Å²) in [4.78, 5) is 11.5. The molecular weight excluding hydrogens is 240 g/mol. The van der Waals surface area contributed by atoms with E-state index in [4.69, 9.17) is 10.5 Å². The van der Waals surface area contributed by atoms with Gasteiger partial charge in [-0.05, 0) is 52.4 Å². The molecule has 1 amide bonds. The van der Waals surface area contributed by atoms with Crippen LogP contribution >= 0.6 is 0 Å². The van der Waals surface area contributed by atoms with Gasteiger partial charge in [-0.15, -0.1) is 0 Å². The average Bonchev–Trinajstić information content (AvgIpc) is 2.26. The first-order valence-corrected chi connectivity index (χ1v) is 7.43. The van der Waals surface area contributed by atoms with Gasteiger partial charge in [-0.25, -0.2) is 0 Å². The highest BCUT2D eigenvalue weighted by atomic mass is 16.5. The Bertz CT molecular complexity index is 255. The fraction of sp³-hybridized carbons (Fsp3) is 0.933. The van der Waals surface area contributed by atoms with E-state index in [1.165, 1.54) is 6.42 Å². The minimum Gasteiger partial charge on any atom is -0.381 e. The lowest BCUT2D eigenvalue weighted by molar-refractivity contribution is -0.124. The zero-order chi connectivity index (χ0) is 14.9. The van der Waals surface area contributed by atoms with Gasteiger partial charge in [0, 0.05) is 19.3 Å². The number of carbonyl (C=O) groups is 1. The highest BCUT2D eigenvalue weighted by Gasteiger charge is 2.30. The Morgan fingerprint density at radius 2 is 1.79 bits per heavy atom. The van der Waals surface area contributed by atoms with Crippen molar-refractivity contribution in [1.29, 1.82) is 0 Å². The van der Waals surface area contributed by atoms with Crippen LogP contribution in [0.5, 0.6) is 0 Å². The van der Waals surface area contributed by atoms with E-state index in [1.807, 2.05) is 20.8 Å². The van der Waals surface area contributed by atoms with Crippen molar-refractivity contribution in [3.8, 4) is 0 Å². The molecule has 0 aliphatic carbocycles. The number of ether oxygens (including phenoxy) is 1. The van der Waals surface area contributed by atoms with Crippen LogP contribution in [0.4, 0.5) is 0 Å². The molecule has 0 rings (SSSR count). The van der Waals surface area contributed by atoms with Crippen molar-refractivity contribution in [3.63, 3.8) is 0 Å². The van der Waals surface area contributed by atoms with Crippen LogP contribution in [0, 0.1) is 5.92 Å². The highest BCUT2D eigenvalue weighted by Crippen LogP contribution is 2.13. The summed E-state index contributed by atoms with van der Waals surface area (Å²) in [5.41, 5.74) is 4.84. The Morgan fingerprint density at radius 1 is 1.21 bits per heavy atom. The first-order valence-electron chi connectivity index (χ1n) is 7.43. The lowest BCUT2D eigenvalue weighted by atomic mass is 9.94. The van der Waals surface area contributed by atoms with Crippen LogP contribution in [-0.4, -0.2) is 30.7 Å². The van der Waals surface area contributed by atoms with Gasteiger partial charge >= 0.3 is 0 Å². The van der Waals surface area contributed by atoms with Gasteiger partial charge in [-0.3, -0.25) is 4.79 Å². The van der Waals surface area contributed by atoms with Crippen molar-refractivity contribution in [2.24, 2.45) is 11.7 Å². The van der Waals surface area contributed by atoms with Crippen LogP contribution in [0.15, 0.2) is 0 Å². The Balaban J connectivity index is 3.80. The van der Waals surface area contributed by atoms with Gasteiger partial charge in [-0.2, -0.15) is 0 Å². The van der Waals surface area contributed by atoms with E-state index in [9.17, 15) is 4.79 Å². The Hall–Kier alpha value is -0.610.